The Balaban J connectivity index is 1.66. The number of aromatic nitrogens is 1. The first-order chi connectivity index (χ1) is 13.1. The molecule has 0 fully saturated rings. The van der Waals surface area contributed by atoms with Crippen LogP contribution in [0.4, 0.5) is 0 Å². The predicted octanol–water partition coefficient (Wildman–Crippen LogP) is 4.33. The van der Waals surface area contributed by atoms with Crippen LogP contribution >= 0.6 is 15.9 Å². The van der Waals surface area contributed by atoms with E-state index in [9.17, 15) is 0 Å². The first-order valence-electron chi connectivity index (χ1n) is 8.33. The van der Waals surface area contributed by atoms with Crippen molar-refractivity contribution < 1.29 is 14.2 Å². The fourth-order valence-electron chi connectivity index (χ4n) is 3.40. The molecule has 134 valence electrons. The molecule has 1 atom stereocenters. The van der Waals surface area contributed by atoms with E-state index in [0.29, 0.717) is 24.0 Å². The SMILES string of the molecule is NC1=N[C@]2(CO1)c1cc(Br)ccc1Oc1ccc(Oc3ccccn3)cc12. The number of nitrogens with two attached hydrogens (primary N) is 1. The lowest BCUT2D eigenvalue weighted by molar-refractivity contribution is 0.264. The van der Waals surface area contributed by atoms with Crippen molar-refractivity contribution in [3.05, 3.63) is 76.4 Å². The van der Waals surface area contributed by atoms with Crippen molar-refractivity contribution in [2.24, 2.45) is 10.7 Å². The van der Waals surface area contributed by atoms with Crippen LogP contribution in [0.3, 0.4) is 0 Å². The van der Waals surface area contributed by atoms with Crippen LogP contribution in [0, 0.1) is 0 Å². The van der Waals surface area contributed by atoms with Crippen LogP contribution < -0.4 is 15.2 Å². The van der Waals surface area contributed by atoms with Crippen LogP contribution in [0.5, 0.6) is 23.1 Å². The summed E-state index contributed by atoms with van der Waals surface area (Å²) in [5, 5.41) is 0. The Kier molecular flexibility index (Phi) is 3.58. The number of ether oxygens (including phenoxy) is 3. The zero-order chi connectivity index (χ0) is 18.4. The molecule has 2 aliphatic rings. The molecule has 0 bridgehead atoms. The molecular formula is C20H14BrN3O3. The van der Waals surface area contributed by atoms with Crippen LogP contribution in [-0.2, 0) is 10.3 Å². The van der Waals surface area contributed by atoms with Crippen molar-refractivity contribution in [2.45, 2.75) is 5.54 Å². The fraction of sp³-hybridized carbons (Fsp3) is 0.100. The van der Waals surface area contributed by atoms with Crippen molar-refractivity contribution >= 4 is 22.0 Å². The first-order valence-corrected chi connectivity index (χ1v) is 9.13. The van der Waals surface area contributed by atoms with Crippen molar-refractivity contribution in [1.82, 2.24) is 4.98 Å². The van der Waals surface area contributed by atoms with Crippen molar-refractivity contribution in [3.8, 4) is 23.1 Å². The molecule has 0 unspecified atom stereocenters. The van der Waals surface area contributed by atoms with Gasteiger partial charge in [0.25, 0.3) is 6.02 Å². The van der Waals surface area contributed by atoms with Gasteiger partial charge >= 0.3 is 0 Å². The molecular weight excluding hydrogens is 410 g/mol. The molecule has 1 spiro atoms. The molecule has 3 aromatic rings. The number of halogens is 1. The Morgan fingerprint density at radius 3 is 2.59 bits per heavy atom. The Hall–Kier alpha value is -3.06. The number of rotatable bonds is 2. The Morgan fingerprint density at radius 2 is 1.85 bits per heavy atom. The lowest BCUT2D eigenvalue weighted by Gasteiger charge is -2.33. The summed E-state index contributed by atoms with van der Waals surface area (Å²) in [6, 6.07) is 17.1. The number of pyridine rings is 1. The molecule has 3 heterocycles. The smallest absolute Gasteiger partial charge is 0.283 e. The number of fused-ring (bicyclic) bond motifs is 4. The van der Waals surface area contributed by atoms with Gasteiger partial charge in [-0.25, -0.2) is 9.98 Å². The topological polar surface area (TPSA) is 79.0 Å². The van der Waals surface area contributed by atoms with Gasteiger partial charge in [0.05, 0.1) is 0 Å². The summed E-state index contributed by atoms with van der Waals surface area (Å²) < 4.78 is 18.5. The largest absolute Gasteiger partial charge is 0.462 e. The minimum absolute atomic E-state index is 0.157. The number of hydrogen-bond donors (Lipinski definition) is 1. The Labute approximate surface area is 163 Å². The highest BCUT2D eigenvalue weighted by molar-refractivity contribution is 9.10. The van der Waals surface area contributed by atoms with E-state index in [1.807, 2.05) is 48.5 Å². The van der Waals surface area contributed by atoms with Gasteiger partial charge in [-0.1, -0.05) is 22.0 Å². The maximum Gasteiger partial charge on any atom is 0.283 e. The molecule has 6 nitrogen and oxygen atoms in total. The van der Waals surface area contributed by atoms with E-state index in [2.05, 4.69) is 25.9 Å². The van der Waals surface area contributed by atoms with E-state index < -0.39 is 5.54 Å². The second-order valence-electron chi connectivity index (χ2n) is 6.27. The molecule has 27 heavy (non-hydrogen) atoms. The van der Waals surface area contributed by atoms with Gasteiger partial charge in [0.1, 0.15) is 23.9 Å². The van der Waals surface area contributed by atoms with E-state index in [1.165, 1.54) is 0 Å². The minimum atomic E-state index is -0.778. The maximum absolute atomic E-state index is 6.10. The minimum Gasteiger partial charge on any atom is -0.462 e. The third-order valence-electron chi connectivity index (χ3n) is 4.59. The summed E-state index contributed by atoms with van der Waals surface area (Å²) in [4.78, 5) is 8.85. The molecule has 0 radical (unpaired) electrons. The molecule has 0 saturated carbocycles. The Morgan fingerprint density at radius 1 is 1.04 bits per heavy atom. The van der Waals surface area contributed by atoms with Crippen LogP contribution in [0.1, 0.15) is 11.1 Å². The average molecular weight is 424 g/mol. The van der Waals surface area contributed by atoms with E-state index in [4.69, 9.17) is 19.9 Å². The molecule has 2 N–H and O–H groups in total. The summed E-state index contributed by atoms with van der Waals surface area (Å²) in [6.07, 6.45) is 1.68. The molecule has 2 aromatic carbocycles. The summed E-state index contributed by atoms with van der Waals surface area (Å²) >= 11 is 3.53. The Bertz CT molecular complexity index is 1070. The van der Waals surface area contributed by atoms with Crippen molar-refractivity contribution in [3.63, 3.8) is 0 Å². The van der Waals surface area contributed by atoms with Crippen LogP contribution in [-0.4, -0.2) is 17.6 Å². The van der Waals surface area contributed by atoms with Crippen LogP contribution in [0.15, 0.2) is 70.3 Å². The average Bonchev–Trinajstić information content (AvgIpc) is 3.07. The van der Waals surface area contributed by atoms with Gasteiger partial charge in [-0.05, 0) is 42.5 Å². The monoisotopic (exact) mass is 423 g/mol. The van der Waals surface area contributed by atoms with Crippen molar-refractivity contribution in [2.75, 3.05) is 6.61 Å². The van der Waals surface area contributed by atoms with Crippen molar-refractivity contribution in [1.29, 1.82) is 0 Å². The van der Waals surface area contributed by atoms with E-state index in [0.717, 1.165) is 21.3 Å². The highest BCUT2D eigenvalue weighted by Crippen LogP contribution is 2.52. The second kappa shape index (κ2) is 5.99. The molecule has 0 amide bonds. The van der Waals surface area contributed by atoms with E-state index in [1.54, 1.807) is 12.3 Å². The van der Waals surface area contributed by atoms with Gasteiger partial charge in [0.15, 0.2) is 5.54 Å². The highest BCUT2D eigenvalue weighted by atomic mass is 79.9. The van der Waals surface area contributed by atoms with Crippen LogP contribution in [0.25, 0.3) is 0 Å². The number of hydrogen-bond acceptors (Lipinski definition) is 6. The normalized spacial score (nSPS) is 19.5. The van der Waals surface area contributed by atoms with E-state index in [-0.39, 0.29) is 6.02 Å². The second-order valence-corrected chi connectivity index (χ2v) is 7.19. The zero-order valence-corrected chi connectivity index (χ0v) is 15.6. The van der Waals surface area contributed by atoms with E-state index >= 15 is 0 Å². The summed E-state index contributed by atoms with van der Waals surface area (Å²) in [5.41, 5.74) is 6.83. The van der Waals surface area contributed by atoms with Crippen LogP contribution in [0.2, 0.25) is 0 Å². The molecule has 7 heteroatoms. The predicted molar refractivity (Wildman–Crippen MR) is 103 cm³/mol. The number of nitrogens with zero attached hydrogens (tertiary/aromatic N) is 2. The maximum atomic E-state index is 6.10. The molecule has 0 saturated heterocycles. The number of aliphatic imine (C=N–C) groups is 1. The summed E-state index contributed by atoms with van der Waals surface area (Å²) in [6.45, 7) is 0.297. The highest BCUT2D eigenvalue weighted by Gasteiger charge is 2.47. The quantitative estimate of drug-likeness (QED) is 0.663. The van der Waals surface area contributed by atoms with Gasteiger partial charge in [0.2, 0.25) is 5.88 Å². The summed E-state index contributed by atoms with van der Waals surface area (Å²) in [5.74, 6) is 2.57. The van der Waals surface area contributed by atoms with Gasteiger partial charge in [-0.15, -0.1) is 0 Å². The van der Waals surface area contributed by atoms with Gasteiger partial charge in [-0.2, -0.15) is 0 Å². The molecule has 1 aromatic heterocycles. The molecule has 5 rings (SSSR count). The van der Waals surface area contributed by atoms with Gasteiger partial charge in [-0.3, -0.25) is 0 Å². The number of amidine groups is 1. The lowest BCUT2D eigenvalue weighted by Crippen LogP contribution is -2.31. The number of benzene rings is 2. The third-order valence-corrected chi connectivity index (χ3v) is 5.09. The first kappa shape index (κ1) is 16.1. The molecule has 2 aliphatic heterocycles. The zero-order valence-electron chi connectivity index (χ0n) is 14.1. The third kappa shape index (κ3) is 2.62. The molecule has 0 aliphatic carbocycles. The fourth-order valence-corrected chi connectivity index (χ4v) is 3.76. The lowest BCUT2D eigenvalue weighted by atomic mass is 9.81. The standard InChI is InChI=1S/C20H14BrN3O3/c21-12-4-6-16-14(9-12)20(11-25-19(22)24-20)15-10-13(5-7-17(15)27-16)26-18-3-1-2-8-23-18/h1-10H,11H2,(H2,22,24)/t20-/m1/s1. The summed E-state index contributed by atoms with van der Waals surface area (Å²) in [7, 11) is 0. The van der Waals surface area contributed by atoms with Gasteiger partial charge in [0, 0.05) is 27.9 Å². The van der Waals surface area contributed by atoms with Gasteiger partial charge < -0.3 is 19.9 Å².